The van der Waals surface area contributed by atoms with Gasteiger partial charge in [-0.3, -0.25) is 0 Å². The van der Waals surface area contributed by atoms with E-state index in [-0.39, 0.29) is 0 Å². The Hall–Kier alpha value is -0.863. The average molecular weight is 333 g/mol. The first-order valence-electron chi connectivity index (χ1n) is 6.79. The Bertz CT molecular complexity index is 573. The number of halogens is 1. The van der Waals surface area contributed by atoms with Crippen LogP contribution in [0.3, 0.4) is 0 Å². The third kappa shape index (κ3) is 2.85. The van der Waals surface area contributed by atoms with Gasteiger partial charge in [0.25, 0.3) is 0 Å². The molecule has 0 saturated heterocycles. The highest BCUT2D eigenvalue weighted by Crippen LogP contribution is 2.30. The van der Waals surface area contributed by atoms with Gasteiger partial charge in [0, 0.05) is 4.47 Å². The standard InChI is InChI=1S/C17H21BrSi/c1-13(2)19(3,4)17-12-8-6-10-15(17)14-9-5-7-11-16(14)18/h5-13H,1-4H3. The van der Waals surface area contributed by atoms with E-state index in [1.165, 1.54) is 15.6 Å². The maximum Gasteiger partial charge on any atom is 0.0839 e. The van der Waals surface area contributed by atoms with Crippen molar-refractivity contribution in [1.29, 1.82) is 0 Å². The molecule has 0 saturated carbocycles. The van der Waals surface area contributed by atoms with Gasteiger partial charge in [-0.05, 0) is 22.7 Å². The summed E-state index contributed by atoms with van der Waals surface area (Å²) >= 11 is 3.69. The van der Waals surface area contributed by atoms with Gasteiger partial charge >= 0.3 is 0 Å². The molecular weight excluding hydrogens is 312 g/mol. The maximum absolute atomic E-state index is 3.69. The van der Waals surface area contributed by atoms with Crippen molar-refractivity contribution in [2.75, 3.05) is 0 Å². The summed E-state index contributed by atoms with van der Waals surface area (Å²) in [5.74, 6) is 0. The van der Waals surface area contributed by atoms with Crippen LogP contribution in [0, 0.1) is 0 Å². The number of hydrogen-bond acceptors (Lipinski definition) is 0. The fraction of sp³-hybridized carbons (Fsp3) is 0.294. The van der Waals surface area contributed by atoms with Gasteiger partial charge in [-0.1, -0.05) is 90.5 Å². The van der Waals surface area contributed by atoms with Gasteiger partial charge in [0.1, 0.15) is 0 Å². The first-order chi connectivity index (χ1) is 8.94. The highest BCUT2D eigenvalue weighted by molar-refractivity contribution is 9.10. The van der Waals surface area contributed by atoms with Gasteiger partial charge < -0.3 is 0 Å². The second-order valence-corrected chi connectivity index (χ2v) is 11.9. The van der Waals surface area contributed by atoms with E-state index in [0.29, 0.717) is 0 Å². The molecule has 2 aromatic rings. The van der Waals surface area contributed by atoms with Crippen LogP contribution in [0.15, 0.2) is 53.0 Å². The summed E-state index contributed by atoms with van der Waals surface area (Å²) in [5, 5.41) is 1.55. The van der Waals surface area contributed by atoms with Crippen LogP contribution >= 0.6 is 15.9 Å². The van der Waals surface area contributed by atoms with E-state index in [4.69, 9.17) is 0 Å². The van der Waals surface area contributed by atoms with Gasteiger partial charge in [-0.15, -0.1) is 0 Å². The third-order valence-electron chi connectivity index (χ3n) is 4.23. The molecule has 0 atom stereocenters. The van der Waals surface area contributed by atoms with Crippen molar-refractivity contribution in [2.24, 2.45) is 0 Å². The normalized spacial score (nSPS) is 11.9. The molecule has 100 valence electrons. The van der Waals surface area contributed by atoms with Crippen LogP contribution in [0.1, 0.15) is 13.8 Å². The minimum Gasteiger partial charge on any atom is -0.0652 e. The second kappa shape index (κ2) is 5.64. The largest absolute Gasteiger partial charge is 0.0839 e. The molecular formula is C17H21BrSi. The summed E-state index contributed by atoms with van der Waals surface area (Å²) in [4.78, 5) is 0. The van der Waals surface area contributed by atoms with Gasteiger partial charge in [0.2, 0.25) is 0 Å². The zero-order valence-corrected chi connectivity index (χ0v) is 14.7. The van der Waals surface area contributed by atoms with Crippen molar-refractivity contribution in [2.45, 2.75) is 32.5 Å². The maximum atomic E-state index is 3.69. The first kappa shape index (κ1) is 14.5. The van der Waals surface area contributed by atoms with Crippen LogP contribution in [0.5, 0.6) is 0 Å². The lowest BCUT2D eigenvalue weighted by Crippen LogP contribution is -2.45. The molecule has 0 bridgehead atoms. The van der Waals surface area contributed by atoms with E-state index in [0.717, 1.165) is 5.54 Å². The molecule has 0 spiro atoms. The summed E-state index contributed by atoms with van der Waals surface area (Å²) in [7, 11) is -1.43. The second-order valence-electron chi connectivity index (χ2n) is 5.90. The summed E-state index contributed by atoms with van der Waals surface area (Å²) in [6.07, 6.45) is 0. The van der Waals surface area contributed by atoms with Crippen LogP contribution in [-0.2, 0) is 0 Å². The van der Waals surface area contributed by atoms with Crippen molar-refractivity contribution in [3.63, 3.8) is 0 Å². The predicted octanol–water partition coefficient (Wildman–Crippen LogP) is 5.44. The molecule has 19 heavy (non-hydrogen) atoms. The van der Waals surface area contributed by atoms with Gasteiger partial charge in [-0.25, -0.2) is 0 Å². The minimum absolute atomic E-state index is 0.733. The van der Waals surface area contributed by atoms with Crippen LogP contribution in [0.4, 0.5) is 0 Å². The monoisotopic (exact) mass is 332 g/mol. The molecule has 2 rings (SSSR count). The Kier molecular flexibility index (Phi) is 4.31. The smallest absolute Gasteiger partial charge is 0.0652 e. The topological polar surface area (TPSA) is 0 Å². The molecule has 0 aromatic heterocycles. The lowest BCUT2D eigenvalue weighted by atomic mass is 10.1. The van der Waals surface area contributed by atoms with E-state index < -0.39 is 8.07 Å². The molecule has 0 aliphatic carbocycles. The highest BCUT2D eigenvalue weighted by atomic mass is 79.9. The molecule has 0 unspecified atom stereocenters. The molecule has 2 aromatic carbocycles. The lowest BCUT2D eigenvalue weighted by molar-refractivity contribution is 1.02. The number of benzene rings is 2. The van der Waals surface area contributed by atoms with E-state index >= 15 is 0 Å². The van der Waals surface area contributed by atoms with Crippen molar-refractivity contribution in [3.05, 3.63) is 53.0 Å². The first-order valence-corrected chi connectivity index (χ1v) is 10.7. The summed E-state index contributed by atoms with van der Waals surface area (Å²) in [5.41, 5.74) is 3.43. The Morgan fingerprint density at radius 1 is 0.842 bits per heavy atom. The third-order valence-corrected chi connectivity index (χ3v) is 9.63. The van der Waals surface area contributed by atoms with Crippen LogP contribution in [0.25, 0.3) is 11.1 Å². The molecule has 0 N–H and O–H groups in total. The molecule has 0 amide bonds. The van der Waals surface area contributed by atoms with E-state index in [1.807, 2.05) is 0 Å². The Morgan fingerprint density at radius 3 is 1.95 bits per heavy atom. The molecule has 0 aliphatic heterocycles. The molecule has 0 fully saturated rings. The number of hydrogen-bond donors (Lipinski definition) is 0. The summed E-state index contributed by atoms with van der Waals surface area (Å²) in [6.45, 7) is 9.63. The fourth-order valence-corrected chi connectivity index (χ4v) is 4.83. The van der Waals surface area contributed by atoms with Crippen molar-refractivity contribution in [3.8, 4) is 11.1 Å². The van der Waals surface area contributed by atoms with Gasteiger partial charge in [-0.2, -0.15) is 0 Å². The van der Waals surface area contributed by atoms with Crippen molar-refractivity contribution in [1.82, 2.24) is 0 Å². The Morgan fingerprint density at radius 2 is 1.37 bits per heavy atom. The van der Waals surface area contributed by atoms with E-state index in [9.17, 15) is 0 Å². The quantitative estimate of drug-likeness (QED) is 0.656. The van der Waals surface area contributed by atoms with Crippen molar-refractivity contribution >= 4 is 29.2 Å². The van der Waals surface area contributed by atoms with Crippen molar-refractivity contribution < 1.29 is 0 Å². The van der Waals surface area contributed by atoms with Crippen LogP contribution in [0.2, 0.25) is 18.6 Å². The van der Waals surface area contributed by atoms with E-state index in [2.05, 4.69) is 91.4 Å². The number of rotatable bonds is 3. The van der Waals surface area contributed by atoms with Gasteiger partial charge in [0.05, 0.1) is 8.07 Å². The van der Waals surface area contributed by atoms with Crippen LogP contribution in [-0.4, -0.2) is 8.07 Å². The molecule has 0 aliphatic rings. The van der Waals surface area contributed by atoms with E-state index in [1.54, 1.807) is 5.19 Å². The average Bonchev–Trinajstić information content (AvgIpc) is 2.39. The summed E-state index contributed by atoms with van der Waals surface area (Å²) < 4.78 is 1.18. The molecule has 0 nitrogen and oxygen atoms in total. The summed E-state index contributed by atoms with van der Waals surface area (Å²) in [6, 6.07) is 17.4. The Labute approximate surface area is 126 Å². The zero-order chi connectivity index (χ0) is 14.0. The minimum atomic E-state index is -1.43. The lowest BCUT2D eigenvalue weighted by Gasteiger charge is -2.30. The molecule has 2 heteroatoms. The van der Waals surface area contributed by atoms with Gasteiger partial charge in [0.15, 0.2) is 0 Å². The Balaban J connectivity index is 2.64. The predicted molar refractivity (Wildman–Crippen MR) is 91.8 cm³/mol. The fourth-order valence-electron chi connectivity index (χ4n) is 2.27. The SMILES string of the molecule is CC(C)[Si](C)(C)c1ccccc1-c1ccccc1Br. The zero-order valence-electron chi connectivity index (χ0n) is 12.1. The molecule has 0 radical (unpaired) electrons. The molecule has 0 heterocycles. The highest BCUT2D eigenvalue weighted by Gasteiger charge is 2.29. The van der Waals surface area contributed by atoms with Crippen LogP contribution < -0.4 is 5.19 Å².